The molecule has 68 valence electrons. The number of aliphatic hydroxyl groups is 1. The summed E-state index contributed by atoms with van der Waals surface area (Å²) in [6.45, 7) is 8.40. The van der Waals surface area contributed by atoms with E-state index in [-0.39, 0.29) is 6.73 Å². The molecule has 0 aliphatic carbocycles. The summed E-state index contributed by atoms with van der Waals surface area (Å²) in [6.07, 6.45) is 0. The smallest absolute Gasteiger partial charge is 0.0957 e. The van der Waals surface area contributed by atoms with E-state index < -0.39 is 0 Å². The van der Waals surface area contributed by atoms with E-state index in [0.717, 1.165) is 26.2 Å². The largest absolute Gasteiger partial charge is 0.381 e. The molecular weight excluding hydrogens is 140 g/mol. The molecule has 0 aromatic heterocycles. The first-order chi connectivity index (χ1) is 5.33. The second-order valence-electron chi connectivity index (χ2n) is 2.56. The fourth-order valence-electron chi connectivity index (χ4n) is 0.989. The van der Waals surface area contributed by atoms with Gasteiger partial charge in [0.2, 0.25) is 0 Å². The number of aliphatic hydroxyl groups excluding tert-OH is 1. The van der Waals surface area contributed by atoms with Gasteiger partial charge in [0.1, 0.15) is 0 Å². The number of hydrogen-bond donors (Lipinski definition) is 1. The summed E-state index contributed by atoms with van der Waals surface area (Å²) in [4.78, 5) is 4.31. The molecule has 3 heteroatoms. The van der Waals surface area contributed by atoms with Crippen LogP contribution in [0.15, 0.2) is 0 Å². The third kappa shape index (κ3) is 4.35. The van der Waals surface area contributed by atoms with Crippen molar-refractivity contribution in [2.45, 2.75) is 13.8 Å². The first-order valence-corrected chi connectivity index (χ1v) is 4.34. The van der Waals surface area contributed by atoms with Gasteiger partial charge in [-0.05, 0) is 7.05 Å². The molecule has 1 aliphatic heterocycles. The molecule has 1 aliphatic rings. The fourth-order valence-corrected chi connectivity index (χ4v) is 0.989. The fraction of sp³-hybridized carbons (Fsp3) is 1.00. The summed E-state index contributed by atoms with van der Waals surface area (Å²) in [5.41, 5.74) is 0. The number of nitrogens with zero attached hydrogens (tertiary/aromatic N) is 2. The minimum atomic E-state index is 0.216. The van der Waals surface area contributed by atoms with Crippen molar-refractivity contribution in [2.75, 3.05) is 40.0 Å². The normalized spacial score (nSPS) is 20.7. The van der Waals surface area contributed by atoms with Crippen molar-refractivity contribution in [1.29, 1.82) is 0 Å². The van der Waals surface area contributed by atoms with Crippen molar-refractivity contribution in [3.05, 3.63) is 0 Å². The highest BCUT2D eigenvalue weighted by Crippen LogP contribution is 1.95. The molecule has 0 aromatic carbocycles. The van der Waals surface area contributed by atoms with Crippen LogP contribution in [0.25, 0.3) is 0 Å². The molecule has 0 spiro atoms. The lowest BCUT2D eigenvalue weighted by Crippen LogP contribution is -2.44. The summed E-state index contributed by atoms with van der Waals surface area (Å²) in [5.74, 6) is 0. The van der Waals surface area contributed by atoms with Crippen LogP contribution in [0, 0.1) is 0 Å². The Kier molecular flexibility index (Phi) is 6.51. The van der Waals surface area contributed by atoms with Crippen LogP contribution in [0.4, 0.5) is 0 Å². The van der Waals surface area contributed by atoms with Gasteiger partial charge in [0, 0.05) is 26.2 Å². The van der Waals surface area contributed by atoms with E-state index in [0.29, 0.717) is 0 Å². The van der Waals surface area contributed by atoms with Crippen LogP contribution in [0.5, 0.6) is 0 Å². The van der Waals surface area contributed by atoms with Crippen LogP contribution in [-0.4, -0.2) is 54.9 Å². The molecule has 1 N–H and O–H groups in total. The van der Waals surface area contributed by atoms with Crippen LogP contribution in [0.2, 0.25) is 0 Å². The van der Waals surface area contributed by atoms with Gasteiger partial charge in [0.05, 0.1) is 6.73 Å². The number of hydrogen-bond acceptors (Lipinski definition) is 3. The van der Waals surface area contributed by atoms with Gasteiger partial charge in [0.15, 0.2) is 0 Å². The minimum absolute atomic E-state index is 0.216. The zero-order valence-electron chi connectivity index (χ0n) is 7.88. The molecule has 1 saturated heterocycles. The quantitative estimate of drug-likeness (QED) is 0.594. The number of likely N-dealkylation sites (N-methyl/N-ethyl adjacent to an activating group) is 1. The Balaban J connectivity index is 0.000000461. The predicted molar refractivity (Wildman–Crippen MR) is 47.5 cm³/mol. The Hall–Kier alpha value is -0.120. The molecule has 0 amide bonds. The maximum Gasteiger partial charge on any atom is 0.0957 e. The first kappa shape index (κ1) is 10.9. The molecule has 0 bridgehead atoms. The topological polar surface area (TPSA) is 26.7 Å². The minimum Gasteiger partial charge on any atom is -0.381 e. The second-order valence-corrected chi connectivity index (χ2v) is 2.56. The molecule has 0 radical (unpaired) electrons. The summed E-state index contributed by atoms with van der Waals surface area (Å²) < 4.78 is 0. The highest BCUT2D eigenvalue weighted by Gasteiger charge is 2.11. The van der Waals surface area contributed by atoms with E-state index in [9.17, 15) is 0 Å². The van der Waals surface area contributed by atoms with Gasteiger partial charge in [-0.3, -0.25) is 4.90 Å². The zero-order chi connectivity index (χ0) is 8.69. The van der Waals surface area contributed by atoms with E-state index >= 15 is 0 Å². The number of rotatable bonds is 1. The van der Waals surface area contributed by atoms with Crippen LogP contribution in [-0.2, 0) is 0 Å². The van der Waals surface area contributed by atoms with Crippen LogP contribution < -0.4 is 0 Å². The van der Waals surface area contributed by atoms with Crippen molar-refractivity contribution in [3.63, 3.8) is 0 Å². The van der Waals surface area contributed by atoms with Crippen LogP contribution >= 0.6 is 0 Å². The SMILES string of the molecule is CC.CN1CCN(CO)CC1. The van der Waals surface area contributed by atoms with Gasteiger partial charge in [-0.15, -0.1) is 0 Å². The standard InChI is InChI=1S/C6H14N2O.C2H6/c1-7-2-4-8(6-9)5-3-7;1-2/h9H,2-6H2,1H3;1-2H3. The molecular formula is C8H20N2O. The van der Waals surface area contributed by atoms with E-state index in [2.05, 4.69) is 11.9 Å². The van der Waals surface area contributed by atoms with Crippen molar-refractivity contribution in [2.24, 2.45) is 0 Å². The van der Waals surface area contributed by atoms with Crippen molar-refractivity contribution in [3.8, 4) is 0 Å². The maximum atomic E-state index is 8.68. The van der Waals surface area contributed by atoms with E-state index in [4.69, 9.17) is 5.11 Å². The van der Waals surface area contributed by atoms with E-state index in [1.54, 1.807) is 0 Å². The third-order valence-corrected chi connectivity index (χ3v) is 1.80. The van der Waals surface area contributed by atoms with Gasteiger partial charge in [-0.1, -0.05) is 13.8 Å². The summed E-state index contributed by atoms with van der Waals surface area (Å²) >= 11 is 0. The van der Waals surface area contributed by atoms with Crippen molar-refractivity contribution in [1.82, 2.24) is 9.80 Å². The van der Waals surface area contributed by atoms with Crippen LogP contribution in [0.3, 0.4) is 0 Å². The lowest BCUT2D eigenvalue weighted by molar-refractivity contribution is 0.0630. The predicted octanol–water partition coefficient (Wildman–Crippen LogP) is 0.210. The first-order valence-electron chi connectivity index (χ1n) is 4.34. The highest BCUT2D eigenvalue weighted by atomic mass is 16.3. The molecule has 1 rings (SSSR count). The van der Waals surface area contributed by atoms with Gasteiger partial charge in [-0.25, -0.2) is 0 Å². The van der Waals surface area contributed by atoms with Gasteiger partial charge in [0.25, 0.3) is 0 Å². The number of piperazine rings is 1. The monoisotopic (exact) mass is 160 g/mol. The average molecular weight is 160 g/mol. The van der Waals surface area contributed by atoms with Gasteiger partial charge >= 0.3 is 0 Å². The Labute approximate surface area is 69.6 Å². The van der Waals surface area contributed by atoms with Gasteiger partial charge < -0.3 is 10.0 Å². The molecule has 1 heterocycles. The Morgan fingerprint density at radius 2 is 1.55 bits per heavy atom. The van der Waals surface area contributed by atoms with Crippen molar-refractivity contribution < 1.29 is 5.11 Å². The molecule has 0 saturated carbocycles. The third-order valence-electron chi connectivity index (χ3n) is 1.80. The Morgan fingerprint density at radius 1 is 1.09 bits per heavy atom. The molecule has 0 unspecified atom stereocenters. The molecule has 0 atom stereocenters. The Bertz CT molecular complexity index is 80.2. The molecule has 3 nitrogen and oxygen atoms in total. The lowest BCUT2D eigenvalue weighted by Gasteiger charge is -2.30. The van der Waals surface area contributed by atoms with E-state index in [1.165, 1.54) is 0 Å². The van der Waals surface area contributed by atoms with Crippen LogP contribution in [0.1, 0.15) is 13.8 Å². The average Bonchev–Trinajstić information content (AvgIpc) is 2.10. The lowest BCUT2D eigenvalue weighted by atomic mass is 10.3. The molecule has 1 fully saturated rings. The molecule has 0 aromatic rings. The summed E-state index contributed by atoms with van der Waals surface area (Å²) in [7, 11) is 2.11. The summed E-state index contributed by atoms with van der Waals surface area (Å²) in [6, 6.07) is 0. The van der Waals surface area contributed by atoms with Crippen molar-refractivity contribution >= 4 is 0 Å². The highest BCUT2D eigenvalue weighted by molar-refractivity contribution is 4.65. The summed E-state index contributed by atoms with van der Waals surface area (Å²) in [5, 5.41) is 8.68. The maximum absolute atomic E-state index is 8.68. The second kappa shape index (κ2) is 6.58. The Morgan fingerprint density at radius 3 is 1.91 bits per heavy atom. The van der Waals surface area contributed by atoms with E-state index in [1.807, 2.05) is 18.7 Å². The van der Waals surface area contributed by atoms with Gasteiger partial charge in [-0.2, -0.15) is 0 Å². The molecule has 11 heavy (non-hydrogen) atoms. The zero-order valence-corrected chi connectivity index (χ0v) is 7.88.